The van der Waals surface area contributed by atoms with Gasteiger partial charge in [0.2, 0.25) is 15.9 Å². The Labute approximate surface area is 601 Å². The molecule has 7 aromatic rings. The van der Waals surface area contributed by atoms with Crippen LogP contribution in [-0.4, -0.2) is 147 Å². The Morgan fingerprint density at radius 2 is 1.39 bits per heavy atom. The fraction of sp³-hybridized carbons (Fsp3) is 0.343. The van der Waals surface area contributed by atoms with Crippen molar-refractivity contribution in [2.24, 2.45) is 5.14 Å². The molecule has 0 radical (unpaired) electrons. The molecule has 0 spiro atoms. The minimum Gasteiger partial charge on any atom is -0.352 e. The van der Waals surface area contributed by atoms with Crippen LogP contribution in [0.2, 0.25) is 0 Å². The molecule has 29 nitrogen and oxygen atoms in total. The number of rotatable bonds is 31. The summed E-state index contributed by atoms with van der Waals surface area (Å²) in [4.78, 5) is 56.7. The van der Waals surface area contributed by atoms with Crippen LogP contribution >= 0.6 is 11.3 Å². The van der Waals surface area contributed by atoms with Gasteiger partial charge in [0.15, 0.2) is 11.5 Å². The topological polar surface area (TPSA) is 466 Å². The van der Waals surface area contributed by atoms with Gasteiger partial charge in [0.25, 0.3) is 56.4 Å². The SMILES string of the molecule is CCCC[N+]1=C(/C=C/C(=C/C=C2/N(CCCS(=O)(=O)O)c3ccc4c(S(=O)(=O)O)cc(S(=O)(=O)O)cc4c3C2(C)C)c2ccc(C(=O)NCCCCCC(=O)NCc3cccc(C(=O)CCCC(=O)Cc4nnc(S(N)(=O)=O)s4)c3)cn2)C(C)(C)c2c1ccc1ccc(S(=O)(=O)O)cc21.O=S(=O)=O. The number of primary sulfonamides is 1. The largest absolute Gasteiger partial charge is 0.425 e. The molecule has 4 heterocycles. The molecule has 0 unspecified atom stereocenters. The van der Waals surface area contributed by atoms with Crippen molar-refractivity contribution in [2.75, 3.05) is 30.3 Å². The number of sulfonamides is 1. The summed E-state index contributed by atoms with van der Waals surface area (Å²) in [6.45, 7) is 10.5. The molecule has 36 heteroatoms. The Morgan fingerprint density at radius 3 is 2.03 bits per heavy atom. The third-order valence-corrected chi connectivity index (χ3v) is 22.9. The van der Waals surface area contributed by atoms with E-state index in [2.05, 4.69) is 25.4 Å². The lowest BCUT2D eigenvalue weighted by Gasteiger charge is -2.27. The summed E-state index contributed by atoms with van der Waals surface area (Å²) in [5, 5.41) is 19.5. The first kappa shape index (κ1) is 80.2. The van der Waals surface area contributed by atoms with Gasteiger partial charge in [0, 0.05) is 103 Å². The quantitative estimate of drug-likeness (QED) is 0.00708. The molecule has 0 aliphatic carbocycles. The average molecular weight is 1550 g/mol. The van der Waals surface area contributed by atoms with E-state index in [0.717, 1.165) is 41.3 Å². The van der Waals surface area contributed by atoms with Crippen molar-refractivity contribution >= 4 is 140 Å². The highest BCUT2D eigenvalue weighted by Gasteiger charge is 2.46. The molecule has 2 amide bonds. The normalized spacial score (nSPS) is 15.0. The van der Waals surface area contributed by atoms with Gasteiger partial charge in [-0.05, 0) is 134 Å². The van der Waals surface area contributed by atoms with Crippen LogP contribution in [0, 0.1) is 0 Å². The van der Waals surface area contributed by atoms with Crippen LogP contribution in [0.4, 0.5) is 11.4 Å². The number of fused-ring (bicyclic) bond motifs is 6. The zero-order chi connectivity index (χ0) is 75.8. The number of amides is 2. The predicted molar refractivity (Wildman–Crippen MR) is 383 cm³/mol. The Hall–Kier alpha value is -8.53. The zero-order valence-electron chi connectivity index (χ0n) is 56.3. The molecule has 2 aliphatic heterocycles. The fourth-order valence-electron chi connectivity index (χ4n) is 12.5. The summed E-state index contributed by atoms with van der Waals surface area (Å²) in [5.74, 6) is -1.73. The van der Waals surface area contributed by atoms with E-state index in [1.165, 1.54) is 30.5 Å². The van der Waals surface area contributed by atoms with Crippen LogP contribution < -0.4 is 20.7 Å². The van der Waals surface area contributed by atoms with Gasteiger partial charge in [-0.25, -0.2) is 13.6 Å². The maximum atomic E-state index is 13.7. The zero-order valence-corrected chi connectivity index (χ0v) is 62.0. The molecule has 8 N–H and O–H groups in total. The number of Topliss-reactive ketones (excluding diaryl/α,β-unsaturated/α-hetero) is 2. The number of pyridine rings is 1. The number of aromatic nitrogens is 3. The molecule has 5 aromatic carbocycles. The van der Waals surface area contributed by atoms with E-state index in [1.807, 2.05) is 45.1 Å². The molecule has 0 bridgehead atoms. The molecule has 0 saturated heterocycles. The molecule has 9 rings (SSSR count). The highest BCUT2D eigenvalue weighted by atomic mass is 32.3. The smallest absolute Gasteiger partial charge is 0.352 e. The Morgan fingerprint density at radius 1 is 0.689 bits per heavy atom. The molecule has 0 fully saturated rings. The molecule has 2 aliphatic rings. The van der Waals surface area contributed by atoms with E-state index in [0.29, 0.717) is 87.9 Å². The second kappa shape index (κ2) is 32.6. The maximum Gasteiger partial charge on any atom is 0.425 e. The van der Waals surface area contributed by atoms with Crippen LogP contribution in [-0.2, 0) is 94.5 Å². The monoisotopic (exact) mass is 1550 g/mol. The number of allylic oxidation sites excluding steroid dienone is 6. The van der Waals surface area contributed by atoms with Crippen LogP contribution in [0.1, 0.15) is 147 Å². The lowest BCUT2D eigenvalue weighted by Crippen LogP contribution is -2.28. The first-order chi connectivity index (χ1) is 48.1. The number of nitrogens with two attached hydrogens (primary N) is 1. The van der Waals surface area contributed by atoms with Gasteiger partial charge in [-0.3, -0.25) is 42.4 Å². The van der Waals surface area contributed by atoms with Gasteiger partial charge >= 0.3 is 10.6 Å². The minimum atomic E-state index is -5.10. The van der Waals surface area contributed by atoms with Crippen molar-refractivity contribution in [2.45, 2.75) is 142 Å². The lowest BCUT2D eigenvalue weighted by atomic mass is 9.79. The second-order valence-electron chi connectivity index (χ2n) is 25.4. The number of hydrogen-bond acceptors (Lipinski definition) is 22. The van der Waals surface area contributed by atoms with Gasteiger partial charge in [0.05, 0.1) is 38.6 Å². The molecular formula is C67H75N8O21S7+. The number of hydrogen-bond donors (Lipinski definition) is 7. The number of carbonyl (C=O) groups is 4. The molecule has 2 aromatic heterocycles. The summed E-state index contributed by atoms with van der Waals surface area (Å²) >= 11 is 0.712. The lowest BCUT2D eigenvalue weighted by molar-refractivity contribution is -0.438. The van der Waals surface area contributed by atoms with Crippen molar-refractivity contribution in [3.8, 4) is 0 Å². The Balaban J connectivity index is 0.00000327. The molecular weight excluding hydrogens is 1480 g/mol. The standard InChI is InChI=1S/C67H74N8O18S6.O3S/c1-6-7-32-74-54-27-21-43-19-24-48(97(85,86)87)37-51(43)62(54)66(2,3)58(74)29-22-44(23-30-59-67(4,5)63-52-38-49(98(88,89)90)39-57(99(91,92)93)50(52)25-28-55(63)75(59)33-13-34-95(80,81)82)53-26-20-46(41-70-53)64(79)69-31-10-8-9-18-60(78)71-40-42-14-11-15-45(35-42)56(77)17-12-16-47(76)36-61-72-73-65(94-61)96(68,83)84;1-4(2)3/h11,14-15,19-30,35,37-39,41H,6-10,12-13,16-18,31-34,36,40H2,1-5H3,(H7-,68,69,71,78,79,80,81,82,83,84,85,86,87,88,89,90,91,92,93);/p+1. The van der Waals surface area contributed by atoms with E-state index in [1.54, 1.807) is 73.4 Å². The van der Waals surface area contributed by atoms with Gasteiger partial charge in [-0.2, -0.15) is 38.2 Å². The predicted octanol–water partition coefficient (Wildman–Crippen LogP) is 8.17. The molecule has 103 heavy (non-hydrogen) atoms. The molecule has 0 saturated carbocycles. The number of ketones is 2. The number of anilines is 1. The summed E-state index contributed by atoms with van der Waals surface area (Å²) in [5.41, 5.74) is 3.76. The highest BCUT2D eigenvalue weighted by molar-refractivity contribution is 7.91. The molecule has 550 valence electrons. The summed E-state index contributed by atoms with van der Waals surface area (Å²) in [7, 11) is -26.4. The number of carbonyl (C=O) groups excluding carboxylic acids is 4. The molecule has 0 atom stereocenters. The summed E-state index contributed by atoms with van der Waals surface area (Å²) < 4.78 is 191. The van der Waals surface area contributed by atoms with E-state index in [-0.39, 0.29) is 106 Å². The Bertz CT molecular complexity index is 5380. The fourth-order valence-corrected chi connectivity index (χ4v) is 16.3. The van der Waals surface area contributed by atoms with Crippen LogP contribution in [0.15, 0.2) is 146 Å². The maximum absolute atomic E-state index is 13.7. The summed E-state index contributed by atoms with van der Waals surface area (Å²) in [6.07, 6.45) is 12.2. The van der Waals surface area contributed by atoms with Crippen molar-refractivity contribution in [1.29, 1.82) is 0 Å². The van der Waals surface area contributed by atoms with Gasteiger partial charge in [-0.1, -0.05) is 81.4 Å². The van der Waals surface area contributed by atoms with E-state index >= 15 is 0 Å². The van der Waals surface area contributed by atoms with Crippen LogP contribution in [0.25, 0.3) is 27.1 Å². The van der Waals surface area contributed by atoms with Crippen LogP contribution in [0.3, 0.4) is 0 Å². The first-order valence-electron chi connectivity index (χ1n) is 32.0. The first-order valence-corrected chi connectivity index (χ1v) is 41.3. The van der Waals surface area contributed by atoms with Crippen molar-refractivity contribution in [3.05, 3.63) is 166 Å². The third kappa shape index (κ3) is 20.3. The number of nitrogens with one attached hydrogen (secondary N) is 2. The summed E-state index contributed by atoms with van der Waals surface area (Å²) in [6, 6.07) is 22.9. The van der Waals surface area contributed by atoms with Gasteiger partial charge < -0.3 is 15.5 Å². The minimum absolute atomic E-state index is 0.0285. The van der Waals surface area contributed by atoms with E-state index in [4.69, 9.17) is 22.7 Å². The average Bonchev–Trinajstić information content (AvgIpc) is 1.60. The third-order valence-electron chi connectivity index (χ3n) is 17.3. The van der Waals surface area contributed by atoms with Crippen molar-refractivity contribution in [1.82, 2.24) is 25.8 Å². The number of unbranched alkanes of at least 4 members (excludes halogenated alkanes) is 3. The van der Waals surface area contributed by atoms with E-state index in [9.17, 15) is 79.5 Å². The van der Waals surface area contributed by atoms with Crippen LogP contribution in [0.5, 0.6) is 0 Å². The second-order valence-corrected chi connectivity index (χ2v) is 34.4. The number of benzene rings is 5. The Kier molecular flexibility index (Phi) is 25.4. The van der Waals surface area contributed by atoms with E-state index < -0.39 is 93.4 Å². The number of nitrogens with zero attached hydrogens (tertiary/aromatic N) is 5. The van der Waals surface area contributed by atoms with Crippen molar-refractivity contribution < 1.29 is 96.7 Å². The highest BCUT2D eigenvalue weighted by Crippen LogP contribution is 2.52. The van der Waals surface area contributed by atoms with Gasteiger partial charge in [-0.15, -0.1) is 22.8 Å². The van der Waals surface area contributed by atoms with Gasteiger partial charge in [0.1, 0.15) is 22.2 Å². The van der Waals surface area contributed by atoms with Crippen molar-refractivity contribution in [3.63, 3.8) is 0 Å².